The van der Waals surface area contributed by atoms with Gasteiger partial charge >= 0.3 is 12.0 Å². The minimum absolute atomic E-state index is 0.0142. The Labute approximate surface area is 95.4 Å². The SMILES string of the molecule is Nc1nnc(NCc2ccc(F)c(Cl)c2)o1. The number of aromatic nitrogens is 2. The first-order valence-corrected chi connectivity index (χ1v) is 4.80. The number of hydrogen-bond donors (Lipinski definition) is 2. The van der Waals surface area contributed by atoms with E-state index in [1.54, 1.807) is 6.07 Å². The molecule has 1 aromatic carbocycles. The van der Waals surface area contributed by atoms with Gasteiger partial charge in [0.05, 0.1) is 5.02 Å². The van der Waals surface area contributed by atoms with Crippen LogP contribution in [0.4, 0.5) is 16.4 Å². The monoisotopic (exact) mass is 242 g/mol. The van der Waals surface area contributed by atoms with Crippen molar-refractivity contribution in [1.29, 1.82) is 0 Å². The van der Waals surface area contributed by atoms with E-state index in [2.05, 4.69) is 15.5 Å². The van der Waals surface area contributed by atoms with Crippen molar-refractivity contribution in [1.82, 2.24) is 10.2 Å². The van der Waals surface area contributed by atoms with Gasteiger partial charge in [0, 0.05) is 6.54 Å². The average Bonchev–Trinajstić information content (AvgIpc) is 2.66. The Kier molecular flexibility index (Phi) is 2.91. The van der Waals surface area contributed by atoms with Crippen LogP contribution in [0.3, 0.4) is 0 Å². The summed E-state index contributed by atoms with van der Waals surface area (Å²) in [5.74, 6) is -0.451. The Morgan fingerprint density at radius 1 is 1.44 bits per heavy atom. The summed E-state index contributed by atoms with van der Waals surface area (Å²) >= 11 is 5.63. The van der Waals surface area contributed by atoms with Crippen molar-refractivity contribution in [3.63, 3.8) is 0 Å². The zero-order chi connectivity index (χ0) is 11.5. The van der Waals surface area contributed by atoms with Gasteiger partial charge in [-0.2, -0.15) is 0 Å². The fourth-order valence-corrected chi connectivity index (χ4v) is 1.34. The minimum atomic E-state index is -0.451. The molecule has 5 nitrogen and oxygen atoms in total. The normalized spacial score (nSPS) is 10.4. The van der Waals surface area contributed by atoms with E-state index in [0.717, 1.165) is 5.56 Å². The molecule has 0 amide bonds. The van der Waals surface area contributed by atoms with E-state index < -0.39 is 5.82 Å². The van der Waals surface area contributed by atoms with Gasteiger partial charge in [-0.05, 0) is 17.7 Å². The molecule has 0 unspecified atom stereocenters. The zero-order valence-corrected chi connectivity index (χ0v) is 8.83. The maximum atomic E-state index is 12.9. The molecule has 0 saturated heterocycles. The van der Waals surface area contributed by atoms with Gasteiger partial charge in [-0.3, -0.25) is 0 Å². The topological polar surface area (TPSA) is 77.0 Å². The Hall–Kier alpha value is -1.82. The van der Waals surface area contributed by atoms with Crippen molar-refractivity contribution < 1.29 is 8.81 Å². The maximum absolute atomic E-state index is 12.9. The molecule has 2 rings (SSSR count). The lowest BCUT2D eigenvalue weighted by Gasteiger charge is -2.02. The molecule has 0 spiro atoms. The third-order valence-electron chi connectivity index (χ3n) is 1.87. The summed E-state index contributed by atoms with van der Waals surface area (Å²) in [5.41, 5.74) is 6.04. The molecular weight excluding hydrogens is 235 g/mol. The largest absolute Gasteiger partial charge is 0.390 e. The summed E-state index contributed by atoms with van der Waals surface area (Å²) in [7, 11) is 0. The molecule has 7 heteroatoms. The van der Waals surface area contributed by atoms with Crippen molar-refractivity contribution in [2.24, 2.45) is 0 Å². The first-order valence-electron chi connectivity index (χ1n) is 4.42. The van der Waals surface area contributed by atoms with Gasteiger partial charge in [-0.15, -0.1) is 0 Å². The quantitative estimate of drug-likeness (QED) is 0.862. The van der Waals surface area contributed by atoms with E-state index in [4.69, 9.17) is 21.8 Å². The van der Waals surface area contributed by atoms with Gasteiger partial charge in [0.25, 0.3) is 0 Å². The zero-order valence-electron chi connectivity index (χ0n) is 8.08. The average molecular weight is 243 g/mol. The summed E-state index contributed by atoms with van der Waals surface area (Å²) in [5, 5.41) is 9.98. The number of nitrogen functional groups attached to an aromatic ring is 1. The van der Waals surface area contributed by atoms with Crippen LogP contribution >= 0.6 is 11.6 Å². The Balaban J connectivity index is 2.02. The predicted octanol–water partition coefficient (Wildman–Crippen LogP) is 2.06. The van der Waals surface area contributed by atoms with Crippen LogP contribution in [0.2, 0.25) is 5.02 Å². The van der Waals surface area contributed by atoms with E-state index in [1.807, 2.05) is 0 Å². The van der Waals surface area contributed by atoms with Crippen molar-refractivity contribution in [2.75, 3.05) is 11.1 Å². The summed E-state index contributed by atoms with van der Waals surface area (Å²) in [6.45, 7) is 0.391. The lowest BCUT2D eigenvalue weighted by atomic mass is 10.2. The molecule has 84 valence electrons. The van der Waals surface area contributed by atoms with Crippen LogP contribution in [0.5, 0.6) is 0 Å². The molecule has 2 aromatic rings. The molecule has 0 fully saturated rings. The molecule has 0 atom stereocenters. The second kappa shape index (κ2) is 4.36. The fraction of sp³-hybridized carbons (Fsp3) is 0.111. The van der Waals surface area contributed by atoms with Gasteiger partial charge in [0.1, 0.15) is 5.82 Å². The lowest BCUT2D eigenvalue weighted by Crippen LogP contribution is -1.99. The molecule has 1 heterocycles. The number of nitrogens with two attached hydrogens (primary N) is 1. The Morgan fingerprint density at radius 2 is 2.25 bits per heavy atom. The highest BCUT2D eigenvalue weighted by atomic mass is 35.5. The number of rotatable bonds is 3. The summed E-state index contributed by atoms with van der Waals surface area (Å²) < 4.78 is 17.8. The third kappa shape index (κ3) is 2.40. The van der Waals surface area contributed by atoms with Crippen molar-refractivity contribution in [3.8, 4) is 0 Å². The highest BCUT2D eigenvalue weighted by Crippen LogP contribution is 2.17. The number of benzene rings is 1. The van der Waals surface area contributed by atoms with E-state index >= 15 is 0 Å². The van der Waals surface area contributed by atoms with Crippen LogP contribution in [0.1, 0.15) is 5.56 Å². The first-order chi connectivity index (χ1) is 7.65. The van der Waals surface area contributed by atoms with Gasteiger partial charge in [0.15, 0.2) is 0 Å². The van der Waals surface area contributed by atoms with Crippen LogP contribution in [0.25, 0.3) is 0 Å². The standard InChI is InChI=1S/C9H8ClFN4O/c10-6-3-5(1-2-7(6)11)4-13-9-15-14-8(12)16-9/h1-3H,4H2,(H2,12,14)(H,13,15). The number of nitrogens with zero attached hydrogens (tertiary/aromatic N) is 2. The molecule has 1 aromatic heterocycles. The van der Waals surface area contributed by atoms with Crippen LogP contribution in [0.15, 0.2) is 22.6 Å². The first kappa shape index (κ1) is 10.7. The van der Waals surface area contributed by atoms with Crippen molar-refractivity contribution in [2.45, 2.75) is 6.54 Å². The summed E-state index contributed by atoms with van der Waals surface area (Å²) in [6.07, 6.45) is 0. The van der Waals surface area contributed by atoms with Gasteiger partial charge in [-0.1, -0.05) is 27.9 Å². The van der Waals surface area contributed by atoms with Gasteiger partial charge < -0.3 is 15.5 Å². The van der Waals surface area contributed by atoms with Crippen LogP contribution in [-0.2, 0) is 6.54 Å². The van der Waals surface area contributed by atoms with E-state index in [-0.39, 0.29) is 17.1 Å². The molecule has 0 saturated carbocycles. The molecule has 0 aliphatic carbocycles. The number of halogens is 2. The molecule has 0 radical (unpaired) electrons. The highest BCUT2D eigenvalue weighted by molar-refractivity contribution is 6.30. The lowest BCUT2D eigenvalue weighted by molar-refractivity contribution is 0.586. The van der Waals surface area contributed by atoms with E-state index in [9.17, 15) is 4.39 Å². The van der Waals surface area contributed by atoms with E-state index in [0.29, 0.717) is 6.54 Å². The molecule has 16 heavy (non-hydrogen) atoms. The van der Waals surface area contributed by atoms with Crippen LogP contribution in [0, 0.1) is 5.82 Å². The summed E-state index contributed by atoms with van der Waals surface area (Å²) in [6, 6.07) is 4.61. The van der Waals surface area contributed by atoms with Crippen LogP contribution in [-0.4, -0.2) is 10.2 Å². The van der Waals surface area contributed by atoms with Crippen molar-refractivity contribution in [3.05, 3.63) is 34.6 Å². The predicted molar refractivity (Wildman–Crippen MR) is 57.4 cm³/mol. The number of nitrogens with one attached hydrogen (secondary N) is 1. The van der Waals surface area contributed by atoms with Gasteiger partial charge in [-0.25, -0.2) is 4.39 Å². The molecule has 0 aliphatic heterocycles. The fourth-order valence-electron chi connectivity index (χ4n) is 1.13. The van der Waals surface area contributed by atoms with E-state index in [1.165, 1.54) is 12.1 Å². The third-order valence-corrected chi connectivity index (χ3v) is 2.16. The Morgan fingerprint density at radius 3 is 2.88 bits per heavy atom. The van der Waals surface area contributed by atoms with Gasteiger partial charge in [0.2, 0.25) is 0 Å². The minimum Gasteiger partial charge on any atom is -0.390 e. The smallest absolute Gasteiger partial charge is 0.317 e. The molecule has 0 bridgehead atoms. The molecule has 0 aliphatic rings. The van der Waals surface area contributed by atoms with Crippen molar-refractivity contribution >= 4 is 23.6 Å². The second-order valence-corrected chi connectivity index (χ2v) is 3.45. The van der Waals surface area contributed by atoms with Crippen LogP contribution < -0.4 is 11.1 Å². The summed E-state index contributed by atoms with van der Waals surface area (Å²) in [4.78, 5) is 0. The number of hydrogen-bond acceptors (Lipinski definition) is 5. The number of anilines is 2. The molecular formula is C9H8ClFN4O. The Bertz CT molecular complexity index is 502. The second-order valence-electron chi connectivity index (χ2n) is 3.05. The highest BCUT2D eigenvalue weighted by Gasteiger charge is 2.04. The maximum Gasteiger partial charge on any atom is 0.317 e. The molecule has 3 N–H and O–H groups in total.